The SMILES string of the molecule is COc1ccc(C(=O)C[N+]23CN4CN(CN(C4)C2)C3)cc1OC.[Br-]. The van der Waals surface area contributed by atoms with E-state index in [4.69, 9.17) is 9.47 Å². The fourth-order valence-corrected chi connectivity index (χ4v) is 4.21. The molecule has 5 rings (SSSR count). The third kappa shape index (κ3) is 3.04. The van der Waals surface area contributed by atoms with E-state index in [0.29, 0.717) is 23.6 Å². The third-order valence-corrected chi connectivity index (χ3v) is 4.88. The van der Waals surface area contributed by atoms with Gasteiger partial charge >= 0.3 is 0 Å². The molecule has 4 heterocycles. The molecule has 0 unspecified atom stereocenters. The maximum Gasteiger partial charge on any atom is 0.217 e. The first-order chi connectivity index (χ1) is 11.1. The summed E-state index contributed by atoms with van der Waals surface area (Å²) in [7, 11) is 3.19. The van der Waals surface area contributed by atoms with E-state index in [0.717, 1.165) is 44.5 Å². The van der Waals surface area contributed by atoms with E-state index in [9.17, 15) is 4.79 Å². The Kier molecular flexibility index (Phi) is 4.85. The predicted molar refractivity (Wildman–Crippen MR) is 83.7 cm³/mol. The lowest BCUT2D eigenvalue weighted by atomic mass is 10.1. The number of carbonyl (C=O) groups is 1. The van der Waals surface area contributed by atoms with Crippen molar-refractivity contribution in [3.8, 4) is 11.5 Å². The van der Waals surface area contributed by atoms with Gasteiger partial charge in [-0.25, -0.2) is 14.7 Å². The van der Waals surface area contributed by atoms with Crippen molar-refractivity contribution in [2.45, 2.75) is 0 Å². The topological polar surface area (TPSA) is 45.2 Å². The Morgan fingerprint density at radius 2 is 1.54 bits per heavy atom. The number of halogens is 1. The molecule has 0 radical (unpaired) electrons. The zero-order chi connectivity index (χ0) is 16.0. The Morgan fingerprint density at radius 3 is 2.04 bits per heavy atom. The van der Waals surface area contributed by atoms with E-state index in [2.05, 4.69) is 14.7 Å². The van der Waals surface area contributed by atoms with E-state index in [1.165, 1.54) is 0 Å². The van der Waals surface area contributed by atoms with Crippen molar-refractivity contribution in [2.24, 2.45) is 0 Å². The molecule has 0 aromatic heterocycles. The van der Waals surface area contributed by atoms with Crippen LogP contribution in [0.2, 0.25) is 0 Å². The van der Waals surface area contributed by atoms with Gasteiger partial charge in [0, 0.05) is 5.56 Å². The molecule has 132 valence electrons. The molecule has 4 aliphatic rings. The Morgan fingerprint density at radius 1 is 1.00 bits per heavy atom. The van der Waals surface area contributed by atoms with Crippen molar-refractivity contribution in [1.82, 2.24) is 14.7 Å². The maximum atomic E-state index is 12.8. The van der Waals surface area contributed by atoms with Crippen LogP contribution in [0, 0.1) is 0 Å². The highest BCUT2D eigenvalue weighted by atomic mass is 79.9. The normalized spacial score (nSPS) is 33.0. The fraction of sp³-hybridized carbons (Fsp3) is 0.562. The van der Waals surface area contributed by atoms with Crippen LogP contribution in [-0.4, -0.2) is 85.7 Å². The summed E-state index contributed by atoms with van der Waals surface area (Å²) in [6.07, 6.45) is 0. The molecule has 1 aromatic rings. The molecule has 7 nitrogen and oxygen atoms in total. The largest absolute Gasteiger partial charge is 1.00 e. The summed E-state index contributed by atoms with van der Waals surface area (Å²) in [5.74, 6) is 1.42. The summed E-state index contributed by atoms with van der Waals surface area (Å²) < 4.78 is 11.4. The van der Waals surface area contributed by atoms with Crippen molar-refractivity contribution in [3.05, 3.63) is 23.8 Å². The van der Waals surface area contributed by atoms with Crippen LogP contribution in [-0.2, 0) is 0 Å². The molecule has 4 saturated heterocycles. The standard InChI is InChI=1S/C16H23N4O3.BrH/c1-22-15-4-3-13(5-16(15)23-2)14(21)6-20-10-17-7-18(11-20)9-19(8-17)12-20;/h3-5H,6-12H2,1-2H3;1H/q+1;/p-1. The fourth-order valence-electron chi connectivity index (χ4n) is 4.21. The lowest BCUT2D eigenvalue weighted by Gasteiger charge is -2.60. The smallest absolute Gasteiger partial charge is 0.217 e. The highest BCUT2D eigenvalue weighted by Crippen LogP contribution is 2.31. The number of nitrogens with zero attached hydrogens (tertiary/aromatic N) is 4. The van der Waals surface area contributed by atoms with Gasteiger partial charge in [-0.05, 0) is 18.2 Å². The molecule has 0 saturated carbocycles. The average Bonchev–Trinajstić information content (AvgIpc) is 2.52. The zero-order valence-corrected chi connectivity index (χ0v) is 15.7. The number of quaternary nitrogens is 1. The number of hydrogen-bond acceptors (Lipinski definition) is 6. The molecular weight excluding hydrogens is 376 g/mol. The number of rotatable bonds is 5. The minimum Gasteiger partial charge on any atom is -1.00 e. The number of ether oxygens (including phenoxy) is 2. The summed E-state index contributed by atoms with van der Waals surface area (Å²) >= 11 is 0. The lowest BCUT2D eigenvalue weighted by molar-refractivity contribution is -0.973. The van der Waals surface area contributed by atoms with Gasteiger partial charge in [0.25, 0.3) is 0 Å². The van der Waals surface area contributed by atoms with Gasteiger partial charge in [-0.2, -0.15) is 0 Å². The summed E-state index contributed by atoms with van der Waals surface area (Å²) in [6.45, 7) is 6.51. The first kappa shape index (κ1) is 17.6. The van der Waals surface area contributed by atoms with Crippen LogP contribution in [0.3, 0.4) is 0 Å². The van der Waals surface area contributed by atoms with Crippen LogP contribution in [0.15, 0.2) is 18.2 Å². The Balaban J connectivity index is 0.00000169. The van der Waals surface area contributed by atoms with E-state index in [-0.39, 0.29) is 22.8 Å². The van der Waals surface area contributed by atoms with Gasteiger partial charge in [-0.15, -0.1) is 0 Å². The highest BCUT2D eigenvalue weighted by Gasteiger charge is 2.49. The van der Waals surface area contributed by atoms with Gasteiger partial charge in [-0.1, -0.05) is 0 Å². The molecule has 24 heavy (non-hydrogen) atoms. The second-order valence-electron chi connectivity index (χ2n) is 6.85. The molecule has 0 aliphatic carbocycles. The molecule has 0 spiro atoms. The maximum absolute atomic E-state index is 12.8. The lowest BCUT2D eigenvalue weighted by Crippen LogP contribution is -3.00. The second kappa shape index (κ2) is 6.61. The predicted octanol–water partition coefficient (Wildman–Crippen LogP) is -2.60. The van der Waals surface area contributed by atoms with Crippen molar-refractivity contribution >= 4 is 5.78 Å². The monoisotopic (exact) mass is 398 g/mol. The van der Waals surface area contributed by atoms with Crippen molar-refractivity contribution in [2.75, 3.05) is 60.8 Å². The van der Waals surface area contributed by atoms with E-state index in [1.807, 2.05) is 6.07 Å². The average molecular weight is 399 g/mol. The minimum atomic E-state index is 0. The molecule has 0 atom stereocenters. The van der Waals surface area contributed by atoms with Crippen LogP contribution in [0.1, 0.15) is 10.4 Å². The van der Waals surface area contributed by atoms with Crippen molar-refractivity contribution < 1.29 is 35.7 Å². The first-order valence-electron chi connectivity index (χ1n) is 7.88. The highest BCUT2D eigenvalue weighted by molar-refractivity contribution is 5.97. The molecule has 0 N–H and O–H groups in total. The van der Waals surface area contributed by atoms with E-state index in [1.54, 1.807) is 26.4 Å². The van der Waals surface area contributed by atoms with E-state index < -0.39 is 0 Å². The minimum absolute atomic E-state index is 0. The molecule has 1 aromatic carbocycles. The number of benzene rings is 1. The van der Waals surface area contributed by atoms with Crippen LogP contribution < -0.4 is 26.5 Å². The van der Waals surface area contributed by atoms with Crippen molar-refractivity contribution in [1.29, 1.82) is 0 Å². The molecule has 0 amide bonds. The van der Waals surface area contributed by atoms with Gasteiger partial charge in [0.05, 0.1) is 34.2 Å². The zero-order valence-electron chi connectivity index (χ0n) is 14.1. The molecular formula is C16H23BrN4O3. The number of carbonyl (C=O) groups excluding carboxylic acids is 1. The van der Waals surface area contributed by atoms with Crippen LogP contribution >= 0.6 is 0 Å². The van der Waals surface area contributed by atoms with Gasteiger partial charge in [0.15, 0.2) is 11.5 Å². The second-order valence-corrected chi connectivity index (χ2v) is 6.85. The van der Waals surface area contributed by atoms with Crippen LogP contribution in [0.4, 0.5) is 0 Å². The summed E-state index contributed by atoms with van der Waals surface area (Å²) in [6, 6.07) is 5.41. The number of Topliss-reactive ketones (excluding diaryl/α,β-unsaturated/α-hetero) is 1. The van der Waals surface area contributed by atoms with Gasteiger partial charge in [-0.3, -0.25) is 9.28 Å². The molecule has 4 bridgehead atoms. The Labute approximate surface area is 152 Å². The molecule has 4 fully saturated rings. The Bertz CT molecular complexity index is 604. The van der Waals surface area contributed by atoms with E-state index >= 15 is 0 Å². The summed E-state index contributed by atoms with van der Waals surface area (Å²) in [5, 5.41) is 0. The summed E-state index contributed by atoms with van der Waals surface area (Å²) in [4.78, 5) is 20.1. The number of hydrogen-bond donors (Lipinski definition) is 0. The van der Waals surface area contributed by atoms with Gasteiger partial charge < -0.3 is 26.5 Å². The van der Waals surface area contributed by atoms with Gasteiger partial charge in [0.2, 0.25) is 5.78 Å². The van der Waals surface area contributed by atoms with Crippen molar-refractivity contribution in [3.63, 3.8) is 0 Å². The van der Waals surface area contributed by atoms with Crippen LogP contribution in [0.25, 0.3) is 0 Å². The Hall–Kier alpha value is -1.19. The summed E-state index contributed by atoms with van der Waals surface area (Å²) in [5.41, 5.74) is 0.691. The van der Waals surface area contributed by atoms with Gasteiger partial charge in [0.1, 0.15) is 26.6 Å². The number of methoxy groups -OCH3 is 2. The van der Waals surface area contributed by atoms with Crippen LogP contribution in [0.5, 0.6) is 11.5 Å². The molecule has 4 aliphatic heterocycles. The molecule has 8 heteroatoms. The third-order valence-electron chi connectivity index (χ3n) is 4.88. The first-order valence-corrected chi connectivity index (χ1v) is 7.88. The quantitative estimate of drug-likeness (QED) is 0.400. The number of ketones is 1.